The predicted octanol–water partition coefficient (Wildman–Crippen LogP) is 11.9. The van der Waals surface area contributed by atoms with Crippen LogP contribution in [0.3, 0.4) is 0 Å². The summed E-state index contributed by atoms with van der Waals surface area (Å²) in [5.41, 5.74) is 8.80. The van der Waals surface area contributed by atoms with Crippen LogP contribution in [0.1, 0.15) is 114 Å². The number of hydrogen-bond acceptors (Lipinski definition) is 1. The van der Waals surface area contributed by atoms with Crippen molar-refractivity contribution in [3.63, 3.8) is 0 Å². The maximum Gasteiger partial charge on any atom is 0.0982 e. The van der Waals surface area contributed by atoms with Gasteiger partial charge in [0.25, 0.3) is 0 Å². The van der Waals surface area contributed by atoms with Gasteiger partial charge in [-0.1, -0.05) is 130 Å². The lowest BCUT2D eigenvalue weighted by molar-refractivity contribution is -0.0307. The average molecular weight is 555 g/mol. The van der Waals surface area contributed by atoms with Crippen LogP contribution in [-0.2, 0) is 4.74 Å². The van der Waals surface area contributed by atoms with Gasteiger partial charge in [0.05, 0.1) is 11.7 Å². The topological polar surface area (TPSA) is 9.23 Å². The fourth-order valence-electron chi connectivity index (χ4n) is 7.04. The van der Waals surface area contributed by atoms with Gasteiger partial charge < -0.3 is 4.74 Å². The fraction of sp³-hybridized carbons (Fsp3) is 0.550. The van der Waals surface area contributed by atoms with E-state index >= 15 is 0 Å². The van der Waals surface area contributed by atoms with Gasteiger partial charge >= 0.3 is 0 Å². The Kier molecular flexibility index (Phi) is 11.5. The van der Waals surface area contributed by atoms with E-state index in [2.05, 4.69) is 142 Å². The van der Waals surface area contributed by atoms with E-state index in [1.54, 1.807) is 5.57 Å². The fourth-order valence-corrected chi connectivity index (χ4v) is 7.04. The second-order valence-corrected chi connectivity index (χ2v) is 14.5. The maximum absolute atomic E-state index is 6.56. The summed E-state index contributed by atoms with van der Waals surface area (Å²) in [5, 5.41) is 0. The van der Waals surface area contributed by atoms with Crippen molar-refractivity contribution in [2.45, 2.75) is 126 Å². The Morgan fingerprint density at radius 1 is 0.780 bits per heavy atom. The van der Waals surface area contributed by atoms with Gasteiger partial charge in [0.2, 0.25) is 0 Å². The third kappa shape index (κ3) is 9.31. The molecular formula is C40H58O. The smallest absolute Gasteiger partial charge is 0.0982 e. The molecule has 0 radical (unpaired) electrons. The summed E-state index contributed by atoms with van der Waals surface area (Å²) in [6.45, 7) is 23.0. The molecule has 41 heavy (non-hydrogen) atoms. The second kappa shape index (κ2) is 14.2. The lowest BCUT2D eigenvalue weighted by atomic mass is 9.67. The first-order valence-corrected chi connectivity index (χ1v) is 16.1. The molecule has 0 bridgehead atoms. The maximum atomic E-state index is 6.56. The Morgan fingerprint density at radius 3 is 2.00 bits per heavy atom. The highest BCUT2D eigenvalue weighted by atomic mass is 16.5. The minimum atomic E-state index is -0.0929. The molecule has 1 aliphatic heterocycles. The molecule has 0 aromatic rings. The molecule has 2 aliphatic carbocycles. The minimum absolute atomic E-state index is 0.0887. The first-order chi connectivity index (χ1) is 19.2. The van der Waals surface area contributed by atoms with Crippen LogP contribution in [-0.4, -0.2) is 11.7 Å². The van der Waals surface area contributed by atoms with Crippen molar-refractivity contribution in [3.8, 4) is 0 Å². The monoisotopic (exact) mass is 554 g/mol. The van der Waals surface area contributed by atoms with E-state index in [1.165, 1.54) is 60.0 Å². The van der Waals surface area contributed by atoms with Gasteiger partial charge in [0.1, 0.15) is 0 Å². The molecule has 0 aromatic carbocycles. The lowest BCUT2D eigenvalue weighted by Gasteiger charge is -2.42. The largest absolute Gasteiger partial charge is 0.359 e. The van der Waals surface area contributed by atoms with Crippen molar-refractivity contribution >= 4 is 0 Å². The van der Waals surface area contributed by atoms with E-state index in [-0.39, 0.29) is 17.1 Å². The highest BCUT2D eigenvalue weighted by Crippen LogP contribution is 2.52. The van der Waals surface area contributed by atoms with Crippen LogP contribution in [0.25, 0.3) is 0 Å². The van der Waals surface area contributed by atoms with E-state index < -0.39 is 0 Å². The molecule has 1 heteroatoms. The zero-order valence-corrected chi connectivity index (χ0v) is 27.9. The van der Waals surface area contributed by atoms with Crippen LogP contribution in [0.5, 0.6) is 0 Å². The van der Waals surface area contributed by atoms with Crippen LogP contribution in [0.4, 0.5) is 0 Å². The van der Waals surface area contributed by atoms with Crippen molar-refractivity contribution < 1.29 is 4.74 Å². The van der Waals surface area contributed by atoms with Crippen LogP contribution >= 0.6 is 0 Å². The number of rotatable bonds is 9. The zero-order valence-electron chi connectivity index (χ0n) is 27.9. The highest BCUT2D eigenvalue weighted by molar-refractivity contribution is 5.37. The Bertz CT molecular complexity index is 1200. The molecule has 2 fully saturated rings. The Hall–Kier alpha value is -2.38. The third-order valence-corrected chi connectivity index (χ3v) is 9.59. The summed E-state index contributed by atoms with van der Waals surface area (Å²) in [5.74, 6) is 0.720. The second-order valence-electron chi connectivity index (χ2n) is 14.5. The number of hydrogen-bond donors (Lipinski definition) is 0. The molecule has 2 saturated carbocycles. The lowest BCUT2D eigenvalue weighted by Crippen LogP contribution is -2.39. The summed E-state index contributed by atoms with van der Waals surface area (Å²) in [7, 11) is 0. The first kappa shape index (κ1) is 33.1. The summed E-state index contributed by atoms with van der Waals surface area (Å²) >= 11 is 0. The van der Waals surface area contributed by atoms with Crippen molar-refractivity contribution in [1.29, 1.82) is 0 Å². The number of allylic oxidation sites excluding steroid dienone is 15. The molecule has 3 atom stereocenters. The molecule has 3 unspecified atom stereocenters. The molecule has 1 heterocycles. The van der Waals surface area contributed by atoms with Gasteiger partial charge in [0.15, 0.2) is 0 Å². The van der Waals surface area contributed by atoms with Crippen molar-refractivity contribution in [3.05, 3.63) is 106 Å². The van der Waals surface area contributed by atoms with Gasteiger partial charge in [0, 0.05) is 0 Å². The summed E-state index contributed by atoms with van der Waals surface area (Å²) in [6.07, 6.45) is 35.4. The van der Waals surface area contributed by atoms with E-state index in [4.69, 9.17) is 4.74 Å². The molecule has 3 aliphatic rings. The SMILES string of the molecule is CC(C=CC=C(C)CC=C1C(C)CCCC1(C)C)=CC=CC=C(C)C=CC=C(C)C1C=C2C(C)(C)CCCC2(C)O1. The van der Waals surface area contributed by atoms with Gasteiger partial charge in [-0.25, -0.2) is 0 Å². The quantitative estimate of drug-likeness (QED) is 0.203. The third-order valence-electron chi connectivity index (χ3n) is 9.59. The Morgan fingerprint density at radius 2 is 1.39 bits per heavy atom. The average Bonchev–Trinajstić information content (AvgIpc) is 3.25. The van der Waals surface area contributed by atoms with E-state index in [0.717, 1.165) is 18.8 Å². The van der Waals surface area contributed by atoms with Crippen LogP contribution in [0.15, 0.2) is 106 Å². The zero-order chi connectivity index (χ0) is 30.3. The van der Waals surface area contributed by atoms with E-state index in [1.807, 2.05) is 0 Å². The normalized spacial score (nSPS) is 30.6. The molecule has 0 N–H and O–H groups in total. The molecule has 0 aromatic heterocycles. The predicted molar refractivity (Wildman–Crippen MR) is 181 cm³/mol. The van der Waals surface area contributed by atoms with E-state index in [9.17, 15) is 0 Å². The van der Waals surface area contributed by atoms with Crippen LogP contribution < -0.4 is 0 Å². The van der Waals surface area contributed by atoms with Gasteiger partial charge in [-0.2, -0.15) is 0 Å². The van der Waals surface area contributed by atoms with Gasteiger partial charge in [-0.05, 0) is 107 Å². The highest BCUT2D eigenvalue weighted by Gasteiger charge is 2.47. The minimum Gasteiger partial charge on any atom is -0.359 e. The molecule has 0 amide bonds. The number of fused-ring (bicyclic) bond motifs is 1. The van der Waals surface area contributed by atoms with Crippen molar-refractivity contribution in [1.82, 2.24) is 0 Å². The Labute approximate surface area is 253 Å². The molecular weight excluding hydrogens is 496 g/mol. The van der Waals surface area contributed by atoms with Crippen LogP contribution in [0, 0.1) is 16.7 Å². The molecule has 224 valence electrons. The first-order valence-electron chi connectivity index (χ1n) is 16.1. The summed E-state index contributed by atoms with van der Waals surface area (Å²) in [4.78, 5) is 0. The van der Waals surface area contributed by atoms with Crippen LogP contribution in [0.2, 0.25) is 0 Å². The summed E-state index contributed by atoms with van der Waals surface area (Å²) in [6, 6.07) is 0. The molecule has 0 spiro atoms. The van der Waals surface area contributed by atoms with Gasteiger partial charge in [-0.15, -0.1) is 0 Å². The summed E-state index contributed by atoms with van der Waals surface area (Å²) < 4.78 is 6.56. The number of ether oxygens (including phenoxy) is 1. The van der Waals surface area contributed by atoms with Crippen molar-refractivity contribution in [2.24, 2.45) is 16.7 Å². The molecule has 3 rings (SSSR count). The molecule has 0 saturated heterocycles. The molecule has 1 nitrogen and oxygen atoms in total. The Balaban J connectivity index is 1.49. The van der Waals surface area contributed by atoms with Crippen molar-refractivity contribution in [2.75, 3.05) is 0 Å². The van der Waals surface area contributed by atoms with E-state index in [0.29, 0.717) is 5.41 Å². The standard InChI is InChI=1S/C40H58O/c1-30(19-13-20-32(3)24-25-35-33(4)23-15-26-38(35,6)7)17-11-12-18-31(2)21-14-22-34(5)36-29-37-39(8,9)27-16-28-40(37,10)41-36/h11-14,17-22,25,29,33,36H,15-16,23-24,26-28H2,1-10H3. The van der Waals surface area contributed by atoms with Gasteiger partial charge in [-0.3, -0.25) is 0 Å².